The molecular formula is C10H15N3O. The summed E-state index contributed by atoms with van der Waals surface area (Å²) in [5, 5.41) is 10.6. The minimum absolute atomic E-state index is 0.675. The lowest BCUT2D eigenvalue weighted by atomic mass is 10.2. The molecule has 1 aliphatic rings. The highest BCUT2D eigenvalue weighted by Gasteiger charge is 2.16. The van der Waals surface area contributed by atoms with Gasteiger partial charge in [-0.1, -0.05) is 12.1 Å². The average molecular weight is 193 g/mol. The summed E-state index contributed by atoms with van der Waals surface area (Å²) in [5.41, 5.74) is 7.74. The van der Waals surface area contributed by atoms with E-state index in [4.69, 9.17) is 5.73 Å². The van der Waals surface area contributed by atoms with Gasteiger partial charge in [-0.3, -0.25) is 0 Å². The van der Waals surface area contributed by atoms with Crippen molar-refractivity contribution in [1.29, 1.82) is 0 Å². The number of nitrogens with zero attached hydrogens (tertiary/aromatic N) is 2. The van der Waals surface area contributed by atoms with Gasteiger partial charge in [0.05, 0.1) is 11.4 Å². The number of rotatable bonds is 1. The Balaban J connectivity index is 2.12. The molecule has 1 saturated heterocycles. The number of hydroxylamine groups is 2. The number of hydrogen-bond acceptors (Lipinski definition) is 4. The second-order valence-electron chi connectivity index (χ2n) is 3.50. The first-order chi connectivity index (χ1) is 6.77. The summed E-state index contributed by atoms with van der Waals surface area (Å²) >= 11 is 0. The zero-order valence-corrected chi connectivity index (χ0v) is 8.06. The molecule has 0 spiro atoms. The zero-order valence-electron chi connectivity index (χ0n) is 8.06. The molecule has 4 heteroatoms. The van der Waals surface area contributed by atoms with E-state index in [9.17, 15) is 5.21 Å². The molecule has 1 aromatic rings. The molecular weight excluding hydrogens is 178 g/mol. The first-order valence-corrected chi connectivity index (χ1v) is 4.80. The van der Waals surface area contributed by atoms with Crippen LogP contribution in [0.3, 0.4) is 0 Å². The predicted molar refractivity (Wildman–Crippen MR) is 56.4 cm³/mol. The number of hydrogen-bond donors (Lipinski definition) is 2. The van der Waals surface area contributed by atoms with Crippen LogP contribution in [-0.4, -0.2) is 36.4 Å². The standard InChI is InChI=1S/C10H15N3O/c11-9-3-1-2-4-10(9)12-5-7-13(14)8-6-12/h1-4,14H,5-8,11H2. The van der Waals surface area contributed by atoms with Gasteiger partial charge in [0.15, 0.2) is 0 Å². The highest BCUT2D eigenvalue weighted by molar-refractivity contribution is 5.67. The summed E-state index contributed by atoms with van der Waals surface area (Å²) in [7, 11) is 0. The molecule has 0 aromatic heterocycles. The summed E-state index contributed by atoms with van der Waals surface area (Å²) in [5.74, 6) is 0. The maximum atomic E-state index is 9.22. The van der Waals surface area contributed by atoms with Crippen LogP contribution < -0.4 is 10.6 Å². The second kappa shape index (κ2) is 3.86. The van der Waals surface area contributed by atoms with Crippen molar-refractivity contribution in [2.24, 2.45) is 0 Å². The van der Waals surface area contributed by atoms with Gasteiger partial charge in [-0.25, -0.2) is 0 Å². The summed E-state index contributed by atoms with van der Waals surface area (Å²) in [6.07, 6.45) is 0. The van der Waals surface area contributed by atoms with Crippen LogP contribution in [0.25, 0.3) is 0 Å². The third-order valence-corrected chi connectivity index (χ3v) is 2.53. The molecule has 4 nitrogen and oxygen atoms in total. The van der Waals surface area contributed by atoms with Gasteiger partial charge in [0.25, 0.3) is 0 Å². The SMILES string of the molecule is Nc1ccccc1N1CCN(O)CC1. The fourth-order valence-corrected chi connectivity index (χ4v) is 1.71. The van der Waals surface area contributed by atoms with Crippen LogP contribution in [0.15, 0.2) is 24.3 Å². The van der Waals surface area contributed by atoms with Gasteiger partial charge in [-0.15, -0.1) is 0 Å². The smallest absolute Gasteiger partial charge is 0.0600 e. The minimum atomic E-state index is 0.675. The van der Waals surface area contributed by atoms with Crippen LogP contribution >= 0.6 is 0 Å². The van der Waals surface area contributed by atoms with Crippen molar-refractivity contribution in [3.63, 3.8) is 0 Å². The molecule has 0 atom stereocenters. The van der Waals surface area contributed by atoms with Crippen LogP contribution in [0.4, 0.5) is 11.4 Å². The molecule has 3 N–H and O–H groups in total. The van der Waals surface area contributed by atoms with E-state index in [1.165, 1.54) is 5.06 Å². The summed E-state index contributed by atoms with van der Waals surface area (Å²) < 4.78 is 0. The highest BCUT2D eigenvalue weighted by Crippen LogP contribution is 2.22. The highest BCUT2D eigenvalue weighted by atomic mass is 16.5. The Kier molecular flexibility index (Phi) is 2.56. The van der Waals surface area contributed by atoms with E-state index in [1.54, 1.807) is 0 Å². The largest absolute Gasteiger partial charge is 0.397 e. The lowest BCUT2D eigenvalue weighted by Crippen LogP contribution is -2.45. The molecule has 76 valence electrons. The van der Waals surface area contributed by atoms with E-state index in [1.807, 2.05) is 24.3 Å². The monoisotopic (exact) mass is 193 g/mol. The molecule has 1 aromatic carbocycles. The Hall–Kier alpha value is -1.26. The van der Waals surface area contributed by atoms with Gasteiger partial charge in [0.1, 0.15) is 0 Å². The van der Waals surface area contributed by atoms with Gasteiger partial charge in [-0.05, 0) is 12.1 Å². The van der Waals surface area contributed by atoms with Crippen LogP contribution in [-0.2, 0) is 0 Å². The number of piperazine rings is 1. The van der Waals surface area contributed by atoms with E-state index < -0.39 is 0 Å². The number of anilines is 2. The molecule has 14 heavy (non-hydrogen) atoms. The fraction of sp³-hybridized carbons (Fsp3) is 0.400. The molecule has 0 aliphatic carbocycles. The van der Waals surface area contributed by atoms with Crippen LogP contribution in [0.2, 0.25) is 0 Å². The van der Waals surface area contributed by atoms with Crippen molar-refractivity contribution in [1.82, 2.24) is 5.06 Å². The van der Waals surface area contributed by atoms with Gasteiger partial charge in [0.2, 0.25) is 0 Å². The van der Waals surface area contributed by atoms with Gasteiger partial charge >= 0.3 is 0 Å². The molecule has 0 saturated carbocycles. The predicted octanol–water partition coefficient (Wildman–Crippen LogP) is 0.780. The third-order valence-electron chi connectivity index (χ3n) is 2.53. The summed E-state index contributed by atoms with van der Waals surface area (Å²) in [6, 6.07) is 7.83. The Bertz CT molecular complexity index is 308. The Morgan fingerprint density at radius 3 is 2.36 bits per heavy atom. The number of nitrogens with two attached hydrogens (primary N) is 1. The van der Waals surface area contributed by atoms with Crippen LogP contribution in [0.1, 0.15) is 0 Å². The molecule has 1 heterocycles. The Morgan fingerprint density at radius 2 is 1.71 bits per heavy atom. The van der Waals surface area contributed by atoms with E-state index in [0.29, 0.717) is 13.1 Å². The number of para-hydroxylation sites is 2. The van der Waals surface area contributed by atoms with E-state index in [-0.39, 0.29) is 0 Å². The first kappa shape index (κ1) is 9.30. The second-order valence-corrected chi connectivity index (χ2v) is 3.50. The average Bonchev–Trinajstić information content (AvgIpc) is 2.20. The van der Waals surface area contributed by atoms with Gasteiger partial charge in [0, 0.05) is 26.2 Å². The summed E-state index contributed by atoms with van der Waals surface area (Å²) in [6.45, 7) is 3.00. The Morgan fingerprint density at radius 1 is 1.07 bits per heavy atom. The third kappa shape index (κ3) is 1.81. The van der Waals surface area contributed by atoms with Crippen molar-refractivity contribution in [3.8, 4) is 0 Å². The number of benzene rings is 1. The van der Waals surface area contributed by atoms with Gasteiger partial charge in [-0.2, -0.15) is 5.06 Å². The van der Waals surface area contributed by atoms with E-state index in [0.717, 1.165) is 24.5 Å². The molecule has 0 radical (unpaired) electrons. The number of nitrogen functional groups attached to an aromatic ring is 1. The molecule has 2 rings (SSSR count). The summed E-state index contributed by atoms with van der Waals surface area (Å²) in [4.78, 5) is 2.20. The Labute approximate surface area is 83.5 Å². The fourth-order valence-electron chi connectivity index (χ4n) is 1.71. The van der Waals surface area contributed by atoms with Crippen LogP contribution in [0, 0.1) is 0 Å². The molecule has 1 aliphatic heterocycles. The van der Waals surface area contributed by atoms with Crippen molar-refractivity contribution in [2.45, 2.75) is 0 Å². The quantitative estimate of drug-likeness (QED) is 0.647. The minimum Gasteiger partial charge on any atom is -0.397 e. The lowest BCUT2D eigenvalue weighted by molar-refractivity contribution is -0.0935. The van der Waals surface area contributed by atoms with Crippen molar-refractivity contribution in [3.05, 3.63) is 24.3 Å². The topological polar surface area (TPSA) is 52.7 Å². The normalized spacial score (nSPS) is 18.5. The van der Waals surface area contributed by atoms with E-state index in [2.05, 4.69) is 4.90 Å². The van der Waals surface area contributed by atoms with Gasteiger partial charge < -0.3 is 15.8 Å². The van der Waals surface area contributed by atoms with Crippen molar-refractivity contribution >= 4 is 11.4 Å². The van der Waals surface area contributed by atoms with Crippen molar-refractivity contribution < 1.29 is 5.21 Å². The lowest BCUT2D eigenvalue weighted by Gasteiger charge is -2.33. The maximum absolute atomic E-state index is 9.22. The van der Waals surface area contributed by atoms with Crippen LogP contribution in [0.5, 0.6) is 0 Å². The van der Waals surface area contributed by atoms with Crippen molar-refractivity contribution in [2.75, 3.05) is 36.8 Å². The van der Waals surface area contributed by atoms with E-state index >= 15 is 0 Å². The molecule has 0 amide bonds. The zero-order chi connectivity index (χ0) is 9.97. The molecule has 1 fully saturated rings. The first-order valence-electron chi connectivity index (χ1n) is 4.80. The molecule has 0 unspecified atom stereocenters. The molecule has 0 bridgehead atoms. The maximum Gasteiger partial charge on any atom is 0.0600 e.